The lowest BCUT2D eigenvalue weighted by atomic mass is 9.96. The molecule has 0 bridgehead atoms. The van der Waals surface area contributed by atoms with Crippen LogP contribution in [0.4, 0.5) is 29.2 Å². The summed E-state index contributed by atoms with van der Waals surface area (Å²) < 4.78 is 36.4. The number of hydrogen-bond acceptors (Lipinski definition) is 18. The third-order valence-electron chi connectivity index (χ3n) is 13.1. The molecule has 23 heteroatoms. The lowest BCUT2D eigenvalue weighted by molar-refractivity contribution is -0.120. The first kappa shape index (κ1) is 51.8. The molecule has 0 radical (unpaired) electrons. The first-order chi connectivity index (χ1) is 35.4. The molecule has 7 N–H and O–H groups in total. The number of imidazole rings is 2. The molecule has 388 valence electrons. The van der Waals surface area contributed by atoms with Crippen molar-refractivity contribution in [1.82, 2.24) is 44.4 Å². The Morgan fingerprint density at radius 1 is 0.616 bits per heavy atom. The monoisotopic (exact) mass is 1020 g/mol. The van der Waals surface area contributed by atoms with Gasteiger partial charge in [0.15, 0.2) is 23.0 Å². The molecule has 0 saturated carbocycles. The molecule has 2 saturated heterocycles. The van der Waals surface area contributed by atoms with Crippen LogP contribution in [0.2, 0.25) is 5.28 Å². The van der Waals surface area contributed by atoms with Crippen LogP contribution in [-0.4, -0.2) is 119 Å². The molecule has 22 nitrogen and oxygen atoms in total. The Labute approximate surface area is 428 Å². The molecule has 0 spiro atoms. The average molecular weight is 1020 g/mol. The fourth-order valence-electron chi connectivity index (χ4n) is 9.44. The molecule has 2 amide bonds. The Hall–Kier alpha value is -7.59. The Morgan fingerprint density at radius 2 is 1.11 bits per heavy atom. The molecule has 6 heterocycles. The smallest absolute Gasteiger partial charge is 0.240 e. The summed E-state index contributed by atoms with van der Waals surface area (Å²) in [7, 11) is 9.49. The van der Waals surface area contributed by atoms with Gasteiger partial charge in [-0.3, -0.25) is 9.59 Å². The second-order valence-corrected chi connectivity index (χ2v) is 18.0. The third kappa shape index (κ3) is 11.9. The topological polar surface area (TPSA) is 268 Å². The van der Waals surface area contributed by atoms with Crippen molar-refractivity contribution in [2.24, 2.45) is 11.5 Å². The van der Waals surface area contributed by atoms with Crippen molar-refractivity contribution < 1.29 is 38.0 Å². The molecular weight excluding hydrogens is 960 g/mol. The van der Waals surface area contributed by atoms with E-state index in [1.807, 2.05) is 50.7 Å². The van der Waals surface area contributed by atoms with E-state index >= 15 is 0 Å². The minimum absolute atomic E-state index is 0.0463. The number of rotatable bonds is 15. The van der Waals surface area contributed by atoms with Gasteiger partial charge >= 0.3 is 0 Å². The summed E-state index contributed by atoms with van der Waals surface area (Å²) in [5, 5.41) is 9.91. The van der Waals surface area contributed by atoms with Crippen LogP contribution in [0.15, 0.2) is 49.3 Å². The number of benzene rings is 2. The van der Waals surface area contributed by atoms with Gasteiger partial charge in [0, 0.05) is 41.9 Å². The lowest BCUT2D eigenvalue weighted by Gasteiger charge is -2.26. The van der Waals surface area contributed by atoms with Crippen LogP contribution in [-0.2, 0) is 35.3 Å². The number of carbonyl (C=O) groups excluding carboxylic acids is 2. The van der Waals surface area contributed by atoms with Crippen LogP contribution in [0.3, 0.4) is 0 Å². The number of nitrogens with one attached hydrogen (secondary N) is 3. The SMILES string of the molecule is COc1cc(-n2cnc(Nc3nc(Cl)nc4c3CCCC4)c2)cc(OC)c1OC.COc1cc(-n2cnc(Nc3nc(N4CCC[C@H]4C(N)=O)nc4c3CCCC4)c2)cc(OC)c1OC.NC(=O)[C@@H]1CCCN1. The Bertz CT molecular complexity index is 2860. The van der Waals surface area contributed by atoms with Gasteiger partial charge in [0.2, 0.25) is 34.5 Å². The molecule has 2 aliphatic heterocycles. The molecule has 4 aromatic heterocycles. The number of aryl methyl sites for hydroxylation is 2. The summed E-state index contributed by atoms with van der Waals surface area (Å²) in [5.41, 5.74) is 16.5. The number of fused-ring (bicyclic) bond motifs is 2. The Morgan fingerprint density at radius 3 is 1.55 bits per heavy atom. The number of aromatic nitrogens is 8. The van der Waals surface area contributed by atoms with Gasteiger partial charge in [-0.2, -0.15) is 4.98 Å². The van der Waals surface area contributed by atoms with E-state index in [1.165, 1.54) is 0 Å². The summed E-state index contributed by atoms with van der Waals surface area (Å²) in [6.07, 6.45) is 18.8. The number of anilines is 5. The highest BCUT2D eigenvalue weighted by Gasteiger charge is 2.33. The summed E-state index contributed by atoms with van der Waals surface area (Å²) in [4.78, 5) is 51.7. The number of hydrogen-bond donors (Lipinski definition) is 5. The maximum atomic E-state index is 12.0. The van der Waals surface area contributed by atoms with Gasteiger partial charge in [0.25, 0.3) is 0 Å². The van der Waals surface area contributed by atoms with Crippen LogP contribution in [0.25, 0.3) is 11.4 Å². The first-order valence-corrected chi connectivity index (χ1v) is 24.6. The molecule has 2 aromatic carbocycles. The summed E-state index contributed by atoms with van der Waals surface area (Å²) in [6.45, 7) is 1.65. The fraction of sp³-hybridized carbons (Fsp3) is 0.440. The van der Waals surface area contributed by atoms with Crippen LogP contribution in [0.1, 0.15) is 73.9 Å². The molecule has 2 aliphatic carbocycles. The second kappa shape index (κ2) is 23.8. The first-order valence-electron chi connectivity index (χ1n) is 24.2. The van der Waals surface area contributed by atoms with Crippen LogP contribution in [0.5, 0.6) is 34.5 Å². The number of amides is 2. The van der Waals surface area contributed by atoms with E-state index < -0.39 is 0 Å². The molecule has 10 rings (SSSR count). The predicted molar refractivity (Wildman–Crippen MR) is 275 cm³/mol. The lowest BCUT2D eigenvalue weighted by Crippen LogP contribution is -2.41. The third-order valence-corrected chi connectivity index (χ3v) is 13.3. The molecule has 6 aromatic rings. The number of carbonyl (C=O) groups is 2. The van der Waals surface area contributed by atoms with Crippen molar-refractivity contribution in [1.29, 1.82) is 0 Å². The zero-order valence-electron chi connectivity index (χ0n) is 42.0. The number of ether oxygens (including phenoxy) is 6. The maximum absolute atomic E-state index is 12.0. The van der Waals surface area contributed by atoms with Crippen molar-refractivity contribution >= 4 is 52.6 Å². The van der Waals surface area contributed by atoms with Gasteiger partial charge in [-0.25, -0.2) is 24.9 Å². The van der Waals surface area contributed by atoms with Crippen molar-refractivity contribution in [3.05, 3.63) is 77.1 Å². The van der Waals surface area contributed by atoms with E-state index in [-0.39, 0.29) is 29.2 Å². The molecule has 0 unspecified atom stereocenters. The summed E-state index contributed by atoms with van der Waals surface area (Å²) >= 11 is 6.12. The van der Waals surface area contributed by atoms with Crippen molar-refractivity contribution in [3.8, 4) is 45.9 Å². The van der Waals surface area contributed by atoms with E-state index in [2.05, 4.69) is 35.9 Å². The van der Waals surface area contributed by atoms with Gasteiger partial charge in [0.1, 0.15) is 42.0 Å². The Balaban J connectivity index is 0.000000172. The van der Waals surface area contributed by atoms with Gasteiger partial charge < -0.3 is 69.9 Å². The standard InChI is InChI=1S/C25H31N7O4.C20H22ClN5O3.C5H10N2O/c1-34-19-11-15(12-20(35-2)22(19)36-3)31-13-21(27-14-31)29-24-16-7-4-5-8-17(16)28-25(30-24)32-10-6-9-18(32)23(26)33;1-27-15-8-12(9-16(28-2)18(15)29-3)26-10-17(22-11-26)24-19-13-6-4-5-7-14(13)23-20(21)25-19;6-5(8)4-2-1-3-7-4/h11-14,18H,4-10H2,1-3H3,(H2,26,33)(H,28,29,30);8-11H,4-7H2,1-3H3,(H,23,24,25);4,7H,1-3H2,(H2,6,8)/t18-;;4-/m0.0/s1. The second-order valence-electron chi connectivity index (χ2n) is 17.6. The van der Waals surface area contributed by atoms with E-state index in [0.29, 0.717) is 58.6 Å². The molecule has 4 aliphatic rings. The van der Waals surface area contributed by atoms with Crippen molar-refractivity contribution in [2.45, 2.75) is 89.1 Å². The zero-order valence-corrected chi connectivity index (χ0v) is 42.8. The molecule has 2 fully saturated rings. The van der Waals surface area contributed by atoms with Gasteiger partial charge in [-0.1, -0.05) is 0 Å². The highest BCUT2D eigenvalue weighted by molar-refractivity contribution is 6.28. The Kier molecular flexibility index (Phi) is 16.8. The van der Waals surface area contributed by atoms with E-state index in [1.54, 1.807) is 55.3 Å². The average Bonchev–Trinajstić information content (AvgIpc) is 4.27. The minimum atomic E-state index is -0.376. The van der Waals surface area contributed by atoms with Gasteiger partial charge in [0.05, 0.1) is 83.9 Å². The fourth-order valence-corrected chi connectivity index (χ4v) is 9.63. The highest BCUT2D eigenvalue weighted by atomic mass is 35.5. The number of nitrogens with two attached hydrogens (primary N) is 2. The van der Waals surface area contributed by atoms with E-state index in [0.717, 1.165) is 129 Å². The maximum Gasteiger partial charge on any atom is 0.240 e. The van der Waals surface area contributed by atoms with Gasteiger partial charge in [-0.05, 0) is 95.2 Å². The van der Waals surface area contributed by atoms with Crippen LogP contribution < -0.4 is 60.7 Å². The number of primary amides is 2. The quantitative estimate of drug-likeness (QED) is 0.0744. The van der Waals surface area contributed by atoms with Gasteiger partial charge in [-0.15, -0.1) is 0 Å². The summed E-state index contributed by atoms with van der Waals surface area (Å²) in [5.74, 6) is 6.03. The van der Waals surface area contributed by atoms with Crippen molar-refractivity contribution in [2.75, 3.05) is 71.3 Å². The predicted octanol–water partition coefficient (Wildman–Crippen LogP) is 5.95. The number of methoxy groups -OCH3 is 6. The molecular formula is C50H63ClN14O8. The highest BCUT2D eigenvalue weighted by Crippen LogP contribution is 2.41. The largest absolute Gasteiger partial charge is 0.493 e. The summed E-state index contributed by atoms with van der Waals surface area (Å²) in [6, 6.07) is 7.00. The van der Waals surface area contributed by atoms with Crippen LogP contribution in [0, 0.1) is 0 Å². The van der Waals surface area contributed by atoms with Crippen molar-refractivity contribution in [3.63, 3.8) is 0 Å². The van der Waals surface area contributed by atoms with E-state index in [9.17, 15) is 9.59 Å². The number of nitrogens with zero attached hydrogens (tertiary/aromatic N) is 9. The van der Waals surface area contributed by atoms with E-state index in [4.69, 9.17) is 61.5 Å². The van der Waals surface area contributed by atoms with Crippen LogP contribution >= 0.6 is 11.6 Å². The molecule has 2 atom stereocenters. The normalized spacial score (nSPS) is 16.6. The zero-order chi connectivity index (χ0) is 51.6. The number of halogens is 1. The minimum Gasteiger partial charge on any atom is -0.493 e. The molecule has 73 heavy (non-hydrogen) atoms.